The lowest BCUT2D eigenvalue weighted by molar-refractivity contribution is 0.243. The maximum Gasteiger partial charge on any atom is 0.140 e. The van der Waals surface area contributed by atoms with E-state index >= 15 is 0 Å². The quantitative estimate of drug-likeness (QED) is 0.779. The highest BCUT2D eigenvalue weighted by molar-refractivity contribution is 6.32. The normalized spacial score (nSPS) is 10.6. The van der Waals surface area contributed by atoms with Crippen LogP contribution in [-0.2, 0) is 0 Å². The summed E-state index contributed by atoms with van der Waals surface area (Å²) in [5, 5.41) is 0.430. The van der Waals surface area contributed by atoms with Gasteiger partial charge in [-0.3, -0.25) is 0 Å². The molecule has 88 valence electrons. The van der Waals surface area contributed by atoms with Crippen molar-refractivity contribution in [3.05, 3.63) is 41.9 Å². The van der Waals surface area contributed by atoms with Crippen LogP contribution in [0.3, 0.4) is 0 Å². The van der Waals surface area contributed by atoms with Crippen molar-refractivity contribution in [3.8, 4) is 16.9 Å². The maximum atomic E-state index is 6.06. The van der Waals surface area contributed by atoms with E-state index in [0.717, 1.165) is 16.9 Å². The summed E-state index contributed by atoms with van der Waals surface area (Å²) in [5.41, 5.74) is 1.69. The van der Waals surface area contributed by atoms with Gasteiger partial charge in [-0.05, 0) is 19.9 Å². The third-order valence-electron chi connectivity index (χ3n) is 2.20. The van der Waals surface area contributed by atoms with Crippen LogP contribution in [0.5, 0.6) is 5.75 Å². The Morgan fingerprint density at radius 3 is 2.65 bits per heavy atom. The van der Waals surface area contributed by atoms with E-state index < -0.39 is 0 Å². The molecule has 0 bridgehead atoms. The van der Waals surface area contributed by atoms with Crippen LogP contribution in [0.2, 0.25) is 5.15 Å². The van der Waals surface area contributed by atoms with Gasteiger partial charge < -0.3 is 4.74 Å². The Labute approximate surface area is 105 Å². The van der Waals surface area contributed by atoms with Crippen molar-refractivity contribution in [1.82, 2.24) is 9.97 Å². The standard InChI is InChI=1S/C13H13ClN2O/c1-9(2)17-12-6-4-3-5-10(12)11-7-15-8-16-13(11)14/h3-9H,1-2H3. The Kier molecular flexibility index (Phi) is 3.59. The summed E-state index contributed by atoms with van der Waals surface area (Å²) in [6.45, 7) is 3.97. The SMILES string of the molecule is CC(C)Oc1ccccc1-c1cncnc1Cl. The van der Waals surface area contributed by atoms with Crippen molar-refractivity contribution in [2.45, 2.75) is 20.0 Å². The Hall–Kier alpha value is -1.61. The number of nitrogens with zero attached hydrogens (tertiary/aromatic N) is 2. The van der Waals surface area contributed by atoms with Gasteiger partial charge in [-0.1, -0.05) is 29.8 Å². The lowest BCUT2D eigenvalue weighted by Gasteiger charge is -2.14. The lowest BCUT2D eigenvalue weighted by Crippen LogP contribution is -2.06. The predicted octanol–water partition coefficient (Wildman–Crippen LogP) is 3.58. The molecule has 0 atom stereocenters. The number of ether oxygens (including phenoxy) is 1. The number of halogens is 1. The van der Waals surface area contributed by atoms with Crippen LogP contribution in [0.25, 0.3) is 11.1 Å². The highest BCUT2D eigenvalue weighted by atomic mass is 35.5. The van der Waals surface area contributed by atoms with E-state index in [1.54, 1.807) is 6.20 Å². The number of para-hydroxylation sites is 1. The number of rotatable bonds is 3. The van der Waals surface area contributed by atoms with Gasteiger partial charge in [0.1, 0.15) is 17.2 Å². The fourth-order valence-corrected chi connectivity index (χ4v) is 1.74. The van der Waals surface area contributed by atoms with Crippen molar-refractivity contribution < 1.29 is 4.74 Å². The molecule has 0 N–H and O–H groups in total. The molecule has 2 aromatic rings. The van der Waals surface area contributed by atoms with Crippen molar-refractivity contribution in [3.63, 3.8) is 0 Å². The summed E-state index contributed by atoms with van der Waals surface area (Å²) < 4.78 is 5.74. The number of hydrogen-bond acceptors (Lipinski definition) is 3. The summed E-state index contributed by atoms with van der Waals surface area (Å²) in [4.78, 5) is 7.97. The molecule has 0 saturated heterocycles. The molecule has 0 saturated carbocycles. The average Bonchev–Trinajstić information content (AvgIpc) is 2.30. The summed E-state index contributed by atoms with van der Waals surface area (Å²) in [6.07, 6.45) is 3.23. The number of benzene rings is 1. The van der Waals surface area contributed by atoms with Crippen LogP contribution in [0, 0.1) is 0 Å². The second-order valence-electron chi connectivity index (χ2n) is 3.89. The Morgan fingerprint density at radius 2 is 1.94 bits per heavy atom. The van der Waals surface area contributed by atoms with Crippen LogP contribution in [0.4, 0.5) is 0 Å². The highest BCUT2D eigenvalue weighted by Gasteiger charge is 2.11. The van der Waals surface area contributed by atoms with Crippen molar-refractivity contribution in [2.75, 3.05) is 0 Å². The Bertz CT molecular complexity index is 514. The molecular weight excluding hydrogens is 236 g/mol. The maximum absolute atomic E-state index is 6.06. The van der Waals surface area contributed by atoms with Gasteiger partial charge >= 0.3 is 0 Å². The monoisotopic (exact) mass is 248 g/mol. The molecule has 0 aliphatic carbocycles. The predicted molar refractivity (Wildman–Crippen MR) is 68.2 cm³/mol. The Balaban J connectivity index is 2.48. The minimum Gasteiger partial charge on any atom is -0.490 e. The molecule has 0 amide bonds. The van der Waals surface area contributed by atoms with Gasteiger partial charge in [-0.25, -0.2) is 9.97 Å². The molecule has 1 heterocycles. The van der Waals surface area contributed by atoms with E-state index in [2.05, 4.69) is 9.97 Å². The summed E-state index contributed by atoms with van der Waals surface area (Å²) >= 11 is 6.06. The summed E-state index contributed by atoms with van der Waals surface area (Å²) in [6, 6.07) is 7.73. The smallest absolute Gasteiger partial charge is 0.140 e. The van der Waals surface area contributed by atoms with Crippen LogP contribution < -0.4 is 4.74 Å². The van der Waals surface area contributed by atoms with Gasteiger partial charge in [-0.15, -0.1) is 0 Å². The zero-order valence-electron chi connectivity index (χ0n) is 9.72. The van der Waals surface area contributed by atoms with Crippen LogP contribution in [0.15, 0.2) is 36.8 Å². The third kappa shape index (κ3) is 2.74. The van der Waals surface area contributed by atoms with Crippen molar-refractivity contribution >= 4 is 11.6 Å². The molecule has 0 aliphatic heterocycles. The molecule has 17 heavy (non-hydrogen) atoms. The molecule has 1 aromatic carbocycles. The van der Waals surface area contributed by atoms with Gasteiger partial charge in [0.2, 0.25) is 0 Å². The third-order valence-corrected chi connectivity index (χ3v) is 2.50. The molecule has 4 heteroatoms. The second-order valence-corrected chi connectivity index (χ2v) is 4.25. The molecule has 0 aliphatic rings. The van der Waals surface area contributed by atoms with Crippen molar-refractivity contribution in [2.24, 2.45) is 0 Å². The van der Waals surface area contributed by atoms with E-state index in [-0.39, 0.29) is 6.10 Å². The van der Waals surface area contributed by atoms with Crippen LogP contribution in [0.1, 0.15) is 13.8 Å². The van der Waals surface area contributed by atoms with E-state index in [1.165, 1.54) is 6.33 Å². The fourth-order valence-electron chi connectivity index (χ4n) is 1.54. The molecule has 0 radical (unpaired) electrons. The minimum absolute atomic E-state index is 0.111. The molecular formula is C13H13ClN2O. The number of hydrogen-bond donors (Lipinski definition) is 0. The van der Waals surface area contributed by atoms with Crippen molar-refractivity contribution in [1.29, 1.82) is 0 Å². The molecule has 3 nitrogen and oxygen atoms in total. The van der Waals surface area contributed by atoms with Crippen LogP contribution in [-0.4, -0.2) is 16.1 Å². The van der Waals surface area contributed by atoms with Crippen LogP contribution >= 0.6 is 11.6 Å². The molecule has 0 spiro atoms. The van der Waals surface area contributed by atoms with Gasteiger partial charge in [-0.2, -0.15) is 0 Å². The fraction of sp³-hybridized carbons (Fsp3) is 0.231. The largest absolute Gasteiger partial charge is 0.490 e. The number of aromatic nitrogens is 2. The first kappa shape index (κ1) is 11.9. The first-order chi connectivity index (χ1) is 8.18. The first-order valence-electron chi connectivity index (χ1n) is 5.40. The molecule has 0 unspecified atom stereocenters. The highest BCUT2D eigenvalue weighted by Crippen LogP contribution is 2.33. The lowest BCUT2D eigenvalue weighted by atomic mass is 10.1. The van der Waals surface area contributed by atoms with Gasteiger partial charge in [0.25, 0.3) is 0 Å². The van der Waals surface area contributed by atoms with E-state index in [4.69, 9.17) is 16.3 Å². The van der Waals surface area contributed by atoms with E-state index in [1.807, 2.05) is 38.1 Å². The topological polar surface area (TPSA) is 35.0 Å². The zero-order chi connectivity index (χ0) is 12.3. The van der Waals surface area contributed by atoms with Gasteiger partial charge in [0.05, 0.1) is 6.10 Å². The van der Waals surface area contributed by atoms with Gasteiger partial charge in [0, 0.05) is 17.3 Å². The first-order valence-corrected chi connectivity index (χ1v) is 5.78. The minimum atomic E-state index is 0.111. The zero-order valence-corrected chi connectivity index (χ0v) is 10.5. The molecule has 2 rings (SSSR count). The van der Waals surface area contributed by atoms with Gasteiger partial charge in [0.15, 0.2) is 0 Å². The second kappa shape index (κ2) is 5.15. The summed E-state index contributed by atoms with van der Waals surface area (Å²) in [7, 11) is 0. The van der Waals surface area contributed by atoms with E-state index in [0.29, 0.717) is 5.15 Å². The summed E-state index contributed by atoms with van der Waals surface area (Å²) in [5.74, 6) is 0.791. The molecule has 1 aromatic heterocycles. The Morgan fingerprint density at radius 1 is 1.18 bits per heavy atom. The molecule has 0 fully saturated rings. The average molecular weight is 249 g/mol. The van der Waals surface area contributed by atoms with E-state index in [9.17, 15) is 0 Å².